The van der Waals surface area contributed by atoms with Gasteiger partial charge in [0.05, 0.1) is 24.2 Å². The molecule has 0 spiro atoms. The van der Waals surface area contributed by atoms with Gasteiger partial charge in [0.1, 0.15) is 11.5 Å². The molecule has 0 aliphatic heterocycles. The van der Waals surface area contributed by atoms with Gasteiger partial charge in [0, 0.05) is 33.6 Å². The summed E-state index contributed by atoms with van der Waals surface area (Å²) in [5.74, 6) is -0.385. The number of phenolic OH excluding ortho intramolecular Hbond substituents is 2. The van der Waals surface area contributed by atoms with Crippen LogP contribution in [0.1, 0.15) is 31.8 Å². The number of hydrogen-bond donors (Lipinski definition) is 2. The van der Waals surface area contributed by atoms with Crippen LogP contribution in [0.25, 0.3) is 0 Å². The third kappa shape index (κ3) is 4.91. The van der Waals surface area contributed by atoms with E-state index in [0.717, 1.165) is 0 Å². The van der Waals surface area contributed by atoms with Gasteiger partial charge in [0.25, 0.3) is 0 Å². The van der Waals surface area contributed by atoms with Crippen LogP contribution in [0.5, 0.6) is 11.5 Å². The molecule has 2 aromatic rings. The lowest BCUT2D eigenvalue weighted by atomic mass is 10.1. The zero-order valence-electron chi connectivity index (χ0n) is 13.4. The van der Waals surface area contributed by atoms with E-state index in [1.165, 1.54) is 36.7 Å². The maximum atomic E-state index is 10.8. The molecule has 26 heavy (non-hydrogen) atoms. The van der Waals surface area contributed by atoms with Gasteiger partial charge in [0.15, 0.2) is 12.6 Å². The van der Waals surface area contributed by atoms with Crippen LogP contribution in [-0.2, 0) is 0 Å². The predicted octanol–water partition coefficient (Wildman–Crippen LogP) is 3.57. The number of benzene rings is 2. The van der Waals surface area contributed by atoms with E-state index in [4.69, 9.17) is 23.2 Å². The molecule has 0 aliphatic carbocycles. The Morgan fingerprint density at radius 1 is 0.731 bits per heavy atom. The Morgan fingerprint density at radius 2 is 1.08 bits per heavy atom. The minimum absolute atomic E-state index is 0.0828. The van der Waals surface area contributed by atoms with Gasteiger partial charge in [-0.15, -0.1) is 0 Å². The summed E-state index contributed by atoms with van der Waals surface area (Å²) in [6.07, 6.45) is 3.80. The maximum absolute atomic E-state index is 10.8. The molecule has 0 atom stereocenters. The van der Waals surface area contributed by atoms with Crippen molar-refractivity contribution in [1.82, 2.24) is 0 Å². The lowest BCUT2D eigenvalue weighted by Gasteiger charge is -2.03. The van der Waals surface area contributed by atoms with Gasteiger partial charge in [-0.05, 0) is 24.3 Å². The van der Waals surface area contributed by atoms with Gasteiger partial charge in [-0.3, -0.25) is 19.6 Å². The highest BCUT2D eigenvalue weighted by Gasteiger charge is 2.08. The summed E-state index contributed by atoms with van der Waals surface area (Å²) in [5.41, 5.74) is 0.817. The maximum Gasteiger partial charge on any atom is 0.153 e. The first-order valence-corrected chi connectivity index (χ1v) is 8.17. The Balaban J connectivity index is 2.01. The molecule has 0 aromatic heterocycles. The number of aldehydes is 2. The molecule has 2 rings (SSSR count). The highest BCUT2D eigenvalue weighted by molar-refractivity contribution is 6.31. The zero-order chi connectivity index (χ0) is 19.1. The van der Waals surface area contributed by atoms with Crippen LogP contribution in [-0.4, -0.2) is 48.3 Å². The molecule has 6 nitrogen and oxygen atoms in total. The average Bonchev–Trinajstić information content (AvgIpc) is 2.62. The molecule has 8 heteroatoms. The molecule has 0 saturated heterocycles. The highest BCUT2D eigenvalue weighted by atomic mass is 35.5. The van der Waals surface area contributed by atoms with E-state index in [-0.39, 0.29) is 22.6 Å². The van der Waals surface area contributed by atoms with Crippen molar-refractivity contribution in [2.75, 3.05) is 13.1 Å². The summed E-state index contributed by atoms with van der Waals surface area (Å²) in [5, 5.41) is 20.4. The zero-order valence-corrected chi connectivity index (χ0v) is 14.9. The van der Waals surface area contributed by atoms with Crippen molar-refractivity contribution in [3.05, 3.63) is 56.6 Å². The first-order chi connectivity index (χ1) is 12.5. The first kappa shape index (κ1) is 19.6. The number of carbonyl (C=O) groups is 2. The molecule has 0 saturated carbocycles. The summed E-state index contributed by atoms with van der Waals surface area (Å²) < 4.78 is 0. The molecule has 134 valence electrons. The smallest absolute Gasteiger partial charge is 0.153 e. The van der Waals surface area contributed by atoms with Crippen LogP contribution in [0.4, 0.5) is 0 Å². The number of aromatic hydroxyl groups is 2. The van der Waals surface area contributed by atoms with Crippen LogP contribution in [0.2, 0.25) is 10.0 Å². The molecule has 0 fully saturated rings. The van der Waals surface area contributed by atoms with Gasteiger partial charge in [-0.1, -0.05) is 23.2 Å². The third-order valence-electron chi connectivity index (χ3n) is 3.34. The number of hydrogen-bond acceptors (Lipinski definition) is 6. The molecule has 0 radical (unpaired) electrons. The first-order valence-electron chi connectivity index (χ1n) is 7.41. The van der Waals surface area contributed by atoms with Crippen LogP contribution in [0.15, 0.2) is 34.3 Å². The minimum atomic E-state index is -0.193. The summed E-state index contributed by atoms with van der Waals surface area (Å²) in [6.45, 7) is 0.585. The second-order valence-corrected chi connectivity index (χ2v) is 6.04. The second kappa shape index (κ2) is 9.12. The number of aliphatic imine (C=N–C) groups is 2. The Hall–Kier alpha value is -2.70. The van der Waals surface area contributed by atoms with E-state index in [9.17, 15) is 19.8 Å². The lowest BCUT2D eigenvalue weighted by molar-refractivity contribution is 0.111. The van der Waals surface area contributed by atoms with Crippen molar-refractivity contribution >= 4 is 48.2 Å². The number of halogens is 2. The molecule has 0 amide bonds. The van der Waals surface area contributed by atoms with Crippen molar-refractivity contribution in [2.45, 2.75) is 0 Å². The van der Waals surface area contributed by atoms with Crippen LogP contribution < -0.4 is 0 Å². The number of nitrogens with zero attached hydrogens (tertiary/aromatic N) is 2. The van der Waals surface area contributed by atoms with Gasteiger partial charge >= 0.3 is 0 Å². The predicted molar refractivity (Wildman–Crippen MR) is 102 cm³/mol. The van der Waals surface area contributed by atoms with E-state index < -0.39 is 0 Å². The van der Waals surface area contributed by atoms with Crippen molar-refractivity contribution in [1.29, 1.82) is 0 Å². The van der Waals surface area contributed by atoms with Gasteiger partial charge < -0.3 is 10.2 Å². The third-order valence-corrected chi connectivity index (χ3v) is 3.78. The molecule has 0 bridgehead atoms. The molecule has 0 heterocycles. The minimum Gasteiger partial charge on any atom is -0.507 e. The van der Waals surface area contributed by atoms with Crippen LogP contribution >= 0.6 is 23.2 Å². The second-order valence-electron chi connectivity index (χ2n) is 5.17. The number of rotatable bonds is 7. The summed E-state index contributed by atoms with van der Waals surface area (Å²) >= 11 is 11.7. The topological polar surface area (TPSA) is 99.3 Å². The number of carbonyl (C=O) groups excluding carboxylic acids is 2. The fourth-order valence-corrected chi connectivity index (χ4v) is 2.57. The molecule has 0 unspecified atom stereocenters. The number of phenols is 2. The largest absolute Gasteiger partial charge is 0.507 e. The van der Waals surface area contributed by atoms with Crippen molar-refractivity contribution < 1.29 is 19.8 Å². The van der Waals surface area contributed by atoms with E-state index in [1.54, 1.807) is 0 Å². The Morgan fingerprint density at radius 3 is 1.42 bits per heavy atom. The molecular weight excluding hydrogens is 379 g/mol. The Kier molecular flexibility index (Phi) is 6.89. The standard InChI is InChI=1S/C18H14Cl2N2O4/c19-15-3-11(17(25)13(5-15)9-23)7-21-1-2-22-8-12-4-16(20)6-14(10-24)18(12)26/h3-10,25-26H,1-2H2. The van der Waals surface area contributed by atoms with E-state index in [0.29, 0.717) is 46.8 Å². The molecule has 2 N–H and O–H groups in total. The van der Waals surface area contributed by atoms with Crippen molar-refractivity contribution in [3.63, 3.8) is 0 Å². The van der Waals surface area contributed by atoms with Crippen molar-refractivity contribution in [2.24, 2.45) is 9.98 Å². The van der Waals surface area contributed by atoms with Crippen LogP contribution in [0, 0.1) is 0 Å². The van der Waals surface area contributed by atoms with E-state index in [1.807, 2.05) is 0 Å². The summed E-state index contributed by atoms with van der Waals surface area (Å²) in [7, 11) is 0. The molecule has 2 aromatic carbocycles. The molecular formula is C18H14Cl2N2O4. The van der Waals surface area contributed by atoms with Crippen molar-refractivity contribution in [3.8, 4) is 11.5 Å². The Bertz CT molecular complexity index is 822. The lowest BCUT2D eigenvalue weighted by Crippen LogP contribution is -1.94. The fraction of sp³-hybridized carbons (Fsp3) is 0.111. The van der Waals surface area contributed by atoms with Crippen LogP contribution in [0.3, 0.4) is 0 Å². The highest BCUT2D eigenvalue weighted by Crippen LogP contribution is 2.25. The average molecular weight is 393 g/mol. The van der Waals surface area contributed by atoms with E-state index >= 15 is 0 Å². The normalized spacial score (nSPS) is 11.3. The van der Waals surface area contributed by atoms with E-state index in [2.05, 4.69) is 9.98 Å². The van der Waals surface area contributed by atoms with Gasteiger partial charge in [0.2, 0.25) is 0 Å². The van der Waals surface area contributed by atoms with Gasteiger partial charge in [-0.25, -0.2) is 0 Å². The summed E-state index contributed by atoms with van der Waals surface area (Å²) in [6, 6.07) is 5.69. The summed E-state index contributed by atoms with van der Waals surface area (Å²) in [4.78, 5) is 29.9. The quantitative estimate of drug-likeness (QED) is 0.427. The van der Waals surface area contributed by atoms with Gasteiger partial charge in [-0.2, -0.15) is 0 Å². The Labute approximate surface area is 159 Å². The fourth-order valence-electron chi connectivity index (χ4n) is 2.10. The SMILES string of the molecule is O=Cc1cc(Cl)cc(C=NCCN=Cc2cc(Cl)cc(C=O)c2O)c1O. The monoisotopic (exact) mass is 392 g/mol. The molecule has 0 aliphatic rings.